The van der Waals surface area contributed by atoms with Gasteiger partial charge in [-0.05, 0) is 32.1 Å². The normalized spacial score (nSPS) is 17.9. The zero-order valence-electron chi connectivity index (χ0n) is 10.6. The Balaban J connectivity index is 2.15. The highest BCUT2D eigenvalue weighted by Crippen LogP contribution is 2.27. The maximum absolute atomic E-state index is 5.83. The summed E-state index contributed by atoms with van der Waals surface area (Å²) in [6.07, 6.45) is 1.20. The van der Waals surface area contributed by atoms with E-state index in [1.807, 2.05) is 12.1 Å². The van der Waals surface area contributed by atoms with Crippen LogP contribution in [0.5, 0.6) is 5.75 Å². The van der Waals surface area contributed by atoms with Crippen LogP contribution >= 0.6 is 0 Å². The molecule has 94 valence electrons. The van der Waals surface area contributed by atoms with Gasteiger partial charge in [-0.3, -0.25) is 0 Å². The molecule has 2 N–H and O–H groups in total. The third kappa shape index (κ3) is 2.82. The minimum Gasteiger partial charge on any atom is -0.495 e. The fraction of sp³-hybridized carbons (Fsp3) is 0.538. The van der Waals surface area contributed by atoms with Crippen molar-refractivity contribution in [3.8, 4) is 5.75 Å². The van der Waals surface area contributed by atoms with E-state index in [0.29, 0.717) is 5.69 Å². The highest BCUT2D eigenvalue weighted by Gasteiger charge is 2.13. The van der Waals surface area contributed by atoms with Crippen LogP contribution in [0.3, 0.4) is 0 Å². The predicted octanol–water partition coefficient (Wildman–Crippen LogP) is 1.42. The molecule has 1 heterocycles. The summed E-state index contributed by atoms with van der Waals surface area (Å²) in [5.41, 5.74) is 7.73. The Morgan fingerprint density at radius 1 is 1.18 bits per heavy atom. The Bertz CT molecular complexity index is 381. The van der Waals surface area contributed by atoms with E-state index >= 15 is 0 Å². The van der Waals surface area contributed by atoms with Gasteiger partial charge in [0.1, 0.15) is 5.75 Å². The van der Waals surface area contributed by atoms with E-state index in [4.69, 9.17) is 10.5 Å². The van der Waals surface area contributed by atoms with E-state index in [0.717, 1.165) is 25.4 Å². The molecule has 0 saturated carbocycles. The van der Waals surface area contributed by atoms with Crippen molar-refractivity contribution in [3.05, 3.63) is 18.2 Å². The smallest absolute Gasteiger partial charge is 0.143 e. The van der Waals surface area contributed by atoms with E-state index in [2.05, 4.69) is 22.9 Å². The fourth-order valence-electron chi connectivity index (χ4n) is 2.20. The third-order valence-electron chi connectivity index (χ3n) is 3.30. The van der Waals surface area contributed by atoms with E-state index < -0.39 is 0 Å². The number of methoxy groups -OCH3 is 1. The predicted molar refractivity (Wildman–Crippen MR) is 71.7 cm³/mol. The van der Waals surface area contributed by atoms with Crippen molar-refractivity contribution in [2.75, 3.05) is 51.0 Å². The summed E-state index contributed by atoms with van der Waals surface area (Å²) in [5, 5.41) is 0. The van der Waals surface area contributed by atoms with E-state index in [9.17, 15) is 0 Å². The minimum atomic E-state index is 0.697. The summed E-state index contributed by atoms with van der Waals surface area (Å²) in [6, 6.07) is 6.02. The number of likely N-dealkylation sites (N-methyl/N-ethyl adjacent to an activating group) is 1. The quantitative estimate of drug-likeness (QED) is 0.787. The third-order valence-corrected chi connectivity index (χ3v) is 3.30. The average Bonchev–Trinajstić information content (AvgIpc) is 2.55. The monoisotopic (exact) mass is 235 g/mol. The molecule has 0 radical (unpaired) electrons. The van der Waals surface area contributed by atoms with Gasteiger partial charge in [-0.25, -0.2) is 0 Å². The maximum Gasteiger partial charge on any atom is 0.143 e. The zero-order chi connectivity index (χ0) is 12.3. The van der Waals surface area contributed by atoms with Gasteiger partial charge in [-0.1, -0.05) is 0 Å². The Kier molecular flexibility index (Phi) is 3.74. The Hall–Kier alpha value is -1.42. The van der Waals surface area contributed by atoms with Crippen LogP contribution in [0, 0.1) is 0 Å². The van der Waals surface area contributed by atoms with Crippen LogP contribution < -0.4 is 15.4 Å². The van der Waals surface area contributed by atoms with Gasteiger partial charge in [0.05, 0.1) is 12.8 Å². The van der Waals surface area contributed by atoms with Gasteiger partial charge in [0.25, 0.3) is 0 Å². The molecule has 1 fully saturated rings. The van der Waals surface area contributed by atoms with Crippen LogP contribution in [0.2, 0.25) is 0 Å². The van der Waals surface area contributed by atoms with Gasteiger partial charge >= 0.3 is 0 Å². The highest BCUT2D eigenvalue weighted by atomic mass is 16.5. The molecule has 1 aromatic rings. The van der Waals surface area contributed by atoms with Crippen molar-refractivity contribution < 1.29 is 4.74 Å². The molecule has 0 atom stereocenters. The van der Waals surface area contributed by atoms with Crippen LogP contribution in [0.4, 0.5) is 11.4 Å². The van der Waals surface area contributed by atoms with Crippen molar-refractivity contribution in [2.45, 2.75) is 6.42 Å². The lowest BCUT2D eigenvalue weighted by atomic mass is 10.2. The van der Waals surface area contributed by atoms with Crippen molar-refractivity contribution in [2.24, 2.45) is 0 Å². The molecule has 0 unspecified atom stereocenters. The Labute approximate surface area is 103 Å². The van der Waals surface area contributed by atoms with Gasteiger partial charge in [-0.15, -0.1) is 0 Å². The second-order valence-corrected chi connectivity index (χ2v) is 4.57. The van der Waals surface area contributed by atoms with Gasteiger partial charge in [0.2, 0.25) is 0 Å². The average molecular weight is 235 g/mol. The summed E-state index contributed by atoms with van der Waals surface area (Å²) in [6.45, 7) is 4.43. The van der Waals surface area contributed by atoms with Crippen molar-refractivity contribution in [1.29, 1.82) is 0 Å². The molecule has 17 heavy (non-hydrogen) atoms. The molecule has 0 aliphatic carbocycles. The number of hydrogen-bond acceptors (Lipinski definition) is 4. The number of rotatable bonds is 2. The number of nitrogen functional groups attached to an aromatic ring is 1. The summed E-state index contributed by atoms with van der Waals surface area (Å²) >= 11 is 0. The first-order valence-corrected chi connectivity index (χ1v) is 6.07. The summed E-state index contributed by atoms with van der Waals surface area (Å²) in [4.78, 5) is 4.76. The van der Waals surface area contributed by atoms with E-state index in [1.54, 1.807) is 7.11 Å². The molecule has 1 aromatic carbocycles. The summed E-state index contributed by atoms with van der Waals surface area (Å²) in [5.74, 6) is 0.764. The first-order valence-electron chi connectivity index (χ1n) is 6.07. The molecule has 1 saturated heterocycles. The zero-order valence-corrected chi connectivity index (χ0v) is 10.6. The first kappa shape index (κ1) is 12.0. The molecule has 1 aliphatic rings. The van der Waals surface area contributed by atoms with Crippen molar-refractivity contribution in [1.82, 2.24) is 4.90 Å². The van der Waals surface area contributed by atoms with Crippen molar-refractivity contribution in [3.63, 3.8) is 0 Å². The minimum absolute atomic E-state index is 0.697. The van der Waals surface area contributed by atoms with Crippen LogP contribution in [0.25, 0.3) is 0 Å². The number of hydrogen-bond donors (Lipinski definition) is 1. The molecule has 4 heteroatoms. The standard InChI is InChI=1S/C13H21N3O/c1-15-6-3-7-16(9-8-15)11-4-5-12(14)13(10-11)17-2/h4-5,10H,3,6-9,14H2,1-2H3. The second-order valence-electron chi connectivity index (χ2n) is 4.57. The lowest BCUT2D eigenvalue weighted by Crippen LogP contribution is -2.28. The number of anilines is 2. The lowest BCUT2D eigenvalue weighted by Gasteiger charge is -2.23. The molecule has 0 amide bonds. The first-order chi connectivity index (χ1) is 8.20. The molecule has 0 spiro atoms. The summed E-state index contributed by atoms with van der Waals surface area (Å²) < 4.78 is 5.27. The Morgan fingerprint density at radius 3 is 2.76 bits per heavy atom. The van der Waals surface area contributed by atoms with Crippen LogP contribution in [0.15, 0.2) is 18.2 Å². The second kappa shape index (κ2) is 5.27. The fourth-order valence-corrected chi connectivity index (χ4v) is 2.20. The summed E-state index contributed by atoms with van der Waals surface area (Å²) in [7, 11) is 3.83. The van der Waals surface area contributed by atoms with Gasteiger partial charge in [0, 0.05) is 31.4 Å². The van der Waals surface area contributed by atoms with Gasteiger partial charge in [0.15, 0.2) is 0 Å². The molecule has 4 nitrogen and oxygen atoms in total. The van der Waals surface area contributed by atoms with Crippen molar-refractivity contribution >= 4 is 11.4 Å². The molecule has 1 aliphatic heterocycles. The van der Waals surface area contributed by atoms with Crippen LogP contribution in [0.1, 0.15) is 6.42 Å². The molecule has 0 bridgehead atoms. The number of benzene rings is 1. The Morgan fingerprint density at radius 2 is 2.00 bits per heavy atom. The number of nitrogens with zero attached hydrogens (tertiary/aromatic N) is 2. The molecule has 0 aromatic heterocycles. The van der Waals surface area contributed by atoms with E-state index in [1.165, 1.54) is 18.7 Å². The highest BCUT2D eigenvalue weighted by molar-refractivity contribution is 5.62. The van der Waals surface area contributed by atoms with Gasteiger partial charge < -0.3 is 20.3 Å². The van der Waals surface area contributed by atoms with Crippen LogP contribution in [-0.4, -0.2) is 45.2 Å². The van der Waals surface area contributed by atoms with E-state index in [-0.39, 0.29) is 0 Å². The largest absolute Gasteiger partial charge is 0.495 e. The topological polar surface area (TPSA) is 41.7 Å². The molecular formula is C13H21N3O. The number of nitrogens with two attached hydrogens (primary N) is 1. The maximum atomic E-state index is 5.83. The number of ether oxygens (including phenoxy) is 1. The van der Waals surface area contributed by atoms with Crippen LogP contribution in [-0.2, 0) is 0 Å². The molecular weight excluding hydrogens is 214 g/mol. The lowest BCUT2D eigenvalue weighted by molar-refractivity contribution is 0.360. The molecule has 2 rings (SSSR count). The SMILES string of the molecule is COc1cc(N2CCCN(C)CC2)ccc1N. The van der Waals surface area contributed by atoms with Gasteiger partial charge in [-0.2, -0.15) is 0 Å².